The number of aromatic nitrogens is 3. The lowest BCUT2D eigenvalue weighted by Crippen LogP contribution is -2.29. The number of hydrogen-bond donors (Lipinski definition) is 2. The van der Waals surface area contributed by atoms with Crippen molar-refractivity contribution < 1.29 is 4.79 Å². The average molecular weight is 303 g/mol. The second kappa shape index (κ2) is 6.28. The van der Waals surface area contributed by atoms with Crippen molar-refractivity contribution in [2.75, 3.05) is 18.4 Å². The van der Waals surface area contributed by atoms with Gasteiger partial charge in [-0.15, -0.1) is 11.3 Å². The molecule has 110 valence electrons. The van der Waals surface area contributed by atoms with Gasteiger partial charge in [0.25, 0.3) is 5.91 Å². The molecule has 0 atom stereocenters. The summed E-state index contributed by atoms with van der Waals surface area (Å²) in [4.78, 5) is 26.3. The van der Waals surface area contributed by atoms with E-state index in [1.807, 2.05) is 6.92 Å². The Balaban J connectivity index is 1.82. The molecule has 0 bridgehead atoms. The molecule has 1 fully saturated rings. The van der Waals surface area contributed by atoms with E-state index in [-0.39, 0.29) is 5.91 Å². The monoisotopic (exact) mass is 303 g/mol. The predicted octanol–water partition coefficient (Wildman–Crippen LogP) is 1.96. The highest BCUT2D eigenvalue weighted by Crippen LogP contribution is 2.26. The Morgan fingerprint density at radius 2 is 2.05 bits per heavy atom. The van der Waals surface area contributed by atoms with Crippen LogP contribution in [0.1, 0.15) is 39.8 Å². The van der Waals surface area contributed by atoms with E-state index in [0.29, 0.717) is 16.7 Å². The number of piperidine rings is 1. The largest absolute Gasteiger partial charge is 0.317 e. The molecule has 1 aliphatic heterocycles. The first kappa shape index (κ1) is 14.1. The van der Waals surface area contributed by atoms with Crippen molar-refractivity contribution in [3.8, 4) is 0 Å². The van der Waals surface area contributed by atoms with Crippen LogP contribution in [0.3, 0.4) is 0 Å². The van der Waals surface area contributed by atoms with Crippen molar-refractivity contribution in [2.45, 2.75) is 25.7 Å². The Bertz CT molecular complexity index is 636. The van der Waals surface area contributed by atoms with Crippen LogP contribution in [0.4, 0.5) is 5.13 Å². The van der Waals surface area contributed by atoms with E-state index in [1.165, 1.54) is 11.3 Å². The third-order valence-corrected chi connectivity index (χ3v) is 4.34. The summed E-state index contributed by atoms with van der Waals surface area (Å²) in [5.41, 5.74) is 1.21. The van der Waals surface area contributed by atoms with Gasteiger partial charge in [-0.05, 0) is 32.9 Å². The van der Waals surface area contributed by atoms with Gasteiger partial charge in [0.05, 0.1) is 5.69 Å². The Morgan fingerprint density at radius 3 is 2.76 bits per heavy atom. The molecule has 0 aliphatic carbocycles. The van der Waals surface area contributed by atoms with Crippen molar-refractivity contribution in [1.29, 1.82) is 0 Å². The summed E-state index contributed by atoms with van der Waals surface area (Å²) in [6, 6.07) is 0. The summed E-state index contributed by atoms with van der Waals surface area (Å²) in [5.74, 6) is 0.0599. The average Bonchev–Trinajstić information content (AvgIpc) is 2.93. The van der Waals surface area contributed by atoms with Crippen LogP contribution in [0.5, 0.6) is 0 Å². The summed E-state index contributed by atoms with van der Waals surface area (Å²) < 4.78 is 0. The highest BCUT2D eigenvalue weighted by molar-refractivity contribution is 7.15. The zero-order chi connectivity index (χ0) is 14.7. The first-order valence-electron chi connectivity index (χ1n) is 6.99. The maximum Gasteiger partial charge on any atom is 0.277 e. The smallest absolute Gasteiger partial charge is 0.277 e. The molecule has 0 unspecified atom stereocenters. The molecule has 3 rings (SSSR count). The van der Waals surface area contributed by atoms with Crippen molar-refractivity contribution in [3.05, 3.63) is 34.9 Å². The molecule has 6 nitrogen and oxygen atoms in total. The number of thiazole rings is 1. The molecule has 1 saturated heterocycles. The minimum atomic E-state index is -0.231. The molecular weight excluding hydrogens is 286 g/mol. The van der Waals surface area contributed by atoms with Gasteiger partial charge < -0.3 is 5.32 Å². The molecule has 0 saturated carbocycles. The molecule has 0 aromatic carbocycles. The summed E-state index contributed by atoms with van der Waals surface area (Å²) in [5, 5.41) is 6.72. The zero-order valence-electron chi connectivity index (χ0n) is 11.8. The van der Waals surface area contributed by atoms with Crippen LogP contribution in [0.2, 0.25) is 0 Å². The summed E-state index contributed by atoms with van der Waals surface area (Å²) in [6.07, 6.45) is 6.92. The Hall–Kier alpha value is -1.86. The normalized spacial score (nSPS) is 15.9. The second-order valence-electron chi connectivity index (χ2n) is 5.04. The quantitative estimate of drug-likeness (QED) is 0.906. The molecule has 2 aromatic rings. The van der Waals surface area contributed by atoms with E-state index >= 15 is 0 Å². The third-order valence-electron chi connectivity index (χ3n) is 3.51. The summed E-state index contributed by atoms with van der Waals surface area (Å²) >= 11 is 1.45. The van der Waals surface area contributed by atoms with Gasteiger partial charge in [-0.2, -0.15) is 0 Å². The molecular formula is C14H17N5OS. The van der Waals surface area contributed by atoms with E-state index in [4.69, 9.17) is 0 Å². The van der Waals surface area contributed by atoms with E-state index in [1.54, 1.807) is 18.6 Å². The highest BCUT2D eigenvalue weighted by atomic mass is 32.1. The molecule has 1 amide bonds. The van der Waals surface area contributed by atoms with E-state index < -0.39 is 0 Å². The van der Waals surface area contributed by atoms with E-state index in [9.17, 15) is 4.79 Å². The van der Waals surface area contributed by atoms with Crippen LogP contribution in [0.25, 0.3) is 0 Å². The third kappa shape index (κ3) is 3.25. The van der Waals surface area contributed by atoms with Crippen LogP contribution >= 0.6 is 11.3 Å². The molecule has 0 radical (unpaired) electrons. The standard InChI is InChI=1S/C14H17N5OS/c1-9-8-18-14(21-9)19-13(20)12-11(16-6-7-17-12)10-2-4-15-5-3-10/h6-8,10,15H,2-5H2,1H3,(H,18,19,20). The van der Waals surface area contributed by atoms with Gasteiger partial charge in [0.15, 0.2) is 5.13 Å². The topological polar surface area (TPSA) is 79.8 Å². The number of carbonyl (C=O) groups is 1. The second-order valence-corrected chi connectivity index (χ2v) is 6.28. The maximum atomic E-state index is 12.4. The number of amides is 1. The van der Waals surface area contributed by atoms with Gasteiger partial charge in [-0.1, -0.05) is 0 Å². The fraction of sp³-hybridized carbons (Fsp3) is 0.429. The van der Waals surface area contributed by atoms with Crippen molar-refractivity contribution in [3.63, 3.8) is 0 Å². The lowest BCUT2D eigenvalue weighted by molar-refractivity contribution is 0.102. The van der Waals surface area contributed by atoms with Gasteiger partial charge in [0.2, 0.25) is 0 Å². The molecule has 2 aromatic heterocycles. The molecule has 1 aliphatic rings. The van der Waals surface area contributed by atoms with Crippen LogP contribution in [-0.2, 0) is 0 Å². The first-order chi connectivity index (χ1) is 10.2. The van der Waals surface area contributed by atoms with Crippen LogP contribution in [0.15, 0.2) is 18.6 Å². The molecule has 7 heteroatoms. The van der Waals surface area contributed by atoms with E-state index in [2.05, 4.69) is 25.6 Å². The molecule has 2 N–H and O–H groups in total. The molecule has 3 heterocycles. The van der Waals surface area contributed by atoms with Gasteiger partial charge in [0.1, 0.15) is 5.69 Å². The lowest BCUT2D eigenvalue weighted by atomic mass is 9.93. The van der Waals surface area contributed by atoms with Crippen molar-refractivity contribution >= 4 is 22.4 Å². The number of carbonyl (C=O) groups excluding carboxylic acids is 1. The molecule has 21 heavy (non-hydrogen) atoms. The summed E-state index contributed by atoms with van der Waals surface area (Å²) in [7, 11) is 0. The van der Waals surface area contributed by atoms with Crippen LogP contribution in [-0.4, -0.2) is 33.9 Å². The van der Waals surface area contributed by atoms with Crippen molar-refractivity contribution in [1.82, 2.24) is 20.3 Å². The SMILES string of the molecule is Cc1cnc(NC(=O)c2nccnc2C2CCNCC2)s1. The van der Waals surface area contributed by atoms with Gasteiger partial charge in [-0.25, -0.2) is 9.97 Å². The first-order valence-corrected chi connectivity index (χ1v) is 7.81. The fourth-order valence-electron chi connectivity index (χ4n) is 2.49. The van der Waals surface area contributed by atoms with Crippen LogP contribution < -0.4 is 10.6 Å². The Morgan fingerprint density at radius 1 is 1.29 bits per heavy atom. The fourth-order valence-corrected chi connectivity index (χ4v) is 3.15. The van der Waals surface area contributed by atoms with E-state index in [0.717, 1.165) is 36.5 Å². The summed E-state index contributed by atoms with van der Waals surface area (Å²) in [6.45, 7) is 3.86. The Labute approximate surface area is 127 Å². The number of nitrogens with zero attached hydrogens (tertiary/aromatic N) is 3. The van der Waals surface area contributed by atoms with Gasteiger partial charge >= 0.3 is 0 Å². The number of aryl methyl sites for hydroxylation is 1. The van der Waals surface area contributed by atoms with Gasteiger partial charge in [-0.3, -0.25) is 15.1 Å². The zero-order valence-corrected chi connectivity index (χ0v) is 12.6. The number of anilines is 1. The number of nitrogens with one attached hydrogen (secondary N) is 2. The lowest BCUT2D eigenvalue weighted by Gasteiger charge is -2.23. The predicted molar refractivity (Wildman–Crippen MR) is 81.7 cm³/mol. The maximum absolute atomic E-state index is 12.4. The Kier molecular flexibility index (Phi) is 4.21. The van der Waals surface area contributed by atoms with Gasteiger partial charge in [0, 0.05) is 29.4 Å². The minimum Gasteiger partial charge on any atom is -0.317 e. The van der Waals surface area contributed by atoms with Crippen molar-refractivity contribution in [2.24, 2.45) is 0 Å². The number of hydrogen-bond acceptors (Lipinski definition) is 6. The molecule has 0 spiro atoms. The number of rotatable bonds is 3. The minimum absolute atomic E-state index is 0.231. The van der Waals surface area contributed by atoms with Crippen LogP contribution in [0, 0.1) is 6.92 Å². The highest BCUT2D eigenvalue weighted by Gasteiger charge is 2.24.